The molecule has 1 saturated heterocycles. The number of ketones is 1. The molecule has 7 nitrogen and oxygen atoms in total. The predicted octanol–water partition coefficient (Wildman–Crippen LogP) is 2.53. The summed E-state index contributed by atoms with van der Waals surface area (Å²) in [6.45, 7) is 4.85. The first-order valence-corrected chi connectivity index (χ1v) is 12.0. The van der Waals surface area contributed by atoms with E-state index >= 15 is 0 Å². The first-order chi connectivity index (χ1) is 14.3. The minimum absolute atomic E-state index is 0.0534. The van der Waals surface area contributed by atoms with Gasteiger partial charge in [-0.2, -0.15) is 17.5 Å². The summed E-state index contributed by atoms with van der Waals surface area (Å²) in [5.41, 5.74) is 3.61. The molecule has 0 radical (unpaired) electrons. The predicted molar refractivity (Wildman–Crippen MR) is 110 cm³/mol. The third-order valence-electron chi connectivity index (χ3n) is 7.72. The van der Waals surface area contributed by atoms with Gasteiger partial charge in [0.2, 0.25) is 10.0 Å². The van der Waals surface area contributed by atoms with E-state index in [4.69, 9.17) is 5.73 Å². The highest BCUT2D eigenvalue weighted by Gasteiger charge is 2.65. The molecule has 3 aliphatic rings. The zero-order valence-electron chi connectivity index (χ0n) is 17.6. The van der Waals surface area contributed by atoms with Crippen molar-refractivity contribution >= 4 is 27.3 Å². The van der Waals surface area contributed by atoms with Crippen molar-refractivity contribution in [2.75, 3.05) is 42.6 Å². The molecule has 0 aromatic carbocycles. The number of carbonyl (C=O) groups is 1. The number of sulfonamides is 1. The number of rotatable bonds is 4. The van der Waals surface area contributed by atoms with E-state index in [0.717, 1.165) is 18.7 Å². The number of carbonyl (C=O) groups excluding carboxylic acids is 1. The maximum Gasteiger partial charge on any atom is 0.417 e. The summed E-state index contributed by atoms with van der Waals surface area (Å²) in [6, 6.07) is 0.842. The van der Waals surface area contributed by atoms with Crippen LogP contribution in [0.1, 0.15) is 38.7 Å². The number of aromatic nitrogens is 1. The molecule has 1 aromatic heterocycles. The molecule has 4 rings (SSSR count). The second-order valence-electron chi connectivity index (χ2n) is 9.44. The third-order valence-corrected chi connectivity index (χ3v) is 9.73. The van der Waals surface area contributed by atoms with Crippen LogP contribution in [0.15, 0.2) is 12.3 Å². The van der Waals surface area contributed by atoms with Gasteiger partial charge in [0.15, 0.2) is 5.82 Å². The quantitative estimate of drug-likeness (QED) is 0.742. The van der Waals surface area contributed by atoms with E-state index in [1.807, 2.05) is 13.8 Å². The zero-order valence-corrected chi connectivity index (χ0v) is 18.4. The molecule has 172 valence electrons. The standard InChI is InChI=1S/C20H27F3N4O3S/c1-18(2)13-3-4-19(18,16(28)10-13)12-31(29,30)27-7-5-26(6-8-27)17-15(24)9-14(11-25-17)20(21,22)23/h9,11,13H,3-8,10,12,24H2,1-2H3/t13-,19+/m1/s1. The summed E-state index contributed by atoms with van der Waals surface area (Å²) in [6.07, 6.45) is -1.86. The first kappa shape index (κ1) is 22.3. The maximum atomic E-state index is 13.2. The molecule has 2 saturated carbocycles. The Morgan fingerprint density at radius 1 is 1.23 bits per heavy atom. The van der Waals surface area contributed by atoms with Crippen LogP contribution in [-0.2, 0) is 21.0 Å². The van der Waals surface area contributed by atoms with Gasteiger partial charge in [-0.1, -0.05) is 13.8 Å². The molecule has 2 bridgehead atoms. The number of hydrogen-bond donors (Lipinski definition) is 1. The number of halogens is 3. The molecule has 0 spiro atoms. The van der Waals surface area contributed by atoms with E-state index in [0.29, 0.717) is 12.8 Å². The second kappa shape index (κ2) is 7.06. The largest absolute Gasteiger partial charge is 0.417 e. The Bertz CT molecular complexity index is 1000. The lowest BCUT2D eigenvalue weighted by molar-refractivity contribution is -0.137. The van der Waals surface area contributed by atoms with Gasteiger partial charge in [-0.25, -0.2) is 13.4 Å². The Kier molecular flexibility index (Phi) is 5.08. The lowest BCUT2D eigenvalue weighted by atomic mass is 9.70. The number of piperazine rings is 1. The Labute approximate surface area is 179 Å². The Morgan fingerprint density at radius 3 is 2.35 bits per heavy atom. The Balaban J connectivity index is 1.46. The Morgan fingerprint density at radius 2 is 1.87 bits per heavy atom. The van der Waals surface area contributed by atoms with E-state index in [1.54, 1.807) is 4.90 Å². The van der Waals surface area contributed by atoms with E-state index < -0.39 is 27.2 Å². The van der Waals surface area contributed by atoms with Gasteiger partial charge in [-0.3, -0.25) is 4.79 Å². The number of Topliss-reactive ketones (excluding diaryl/α,β-unsaturated/α-hetero) is 1. The number of alkyl halides is 3. The van der Waals surface area contributed by atoms with Gasteiger partial charge in [0.25, 0.3) is 0 Å². The molecule has 2 N–H and O–H groups in total. The van der Waals surface area contributed by atoms with Crippen molar-refractivity contribution in [3.63, 3.8) is 0 Å². The molecule has 31 heavy (non-hydrogen) atoms. The zero-order chi connectivity index (χ0) is 22.8. The van der Waals surface area contributed by atoms with E-state index in [1.165, 1.54) is 4.31 Å². The lowest BCUT2D eigenvalue weighted by Crippen LogP contribution is -2.53. The summed E-state index contributed by atoms with van der Waals surface area (Å²) in [5, 5.41) is 0. The number of pyridine rings is 1. The summed E-state index contributed by atoms with van der Waals surface area (Å²) in [5.74, 6) is 0.330. The smallest absolute Gasteiger partial charge is 0.396 e. The number of nitrogens with two attached hydrogens (primary N) is 1. The van der Waals surface area contributed by atoms with Gasteiger partial charge in [0, 0.05) is 44.2 Å². The van der Waals surface area contributed by atoms with E-state index in [2.05, 4.69) is 4.98 Å². The minimum atomic E-state index is -4.53. The van der Waals surface area contributed by atoms with Crippen LogP contribution in [0, 0.1) is 16.7 Å². The van der Waals surface area contributed by atoms with Crippen LogP contribution in [0.2, 0.25) is 0 Å². The molecular weight excluding hydrogens is 433 g/mol. The summed E-state index contributed by atoms with van der Waals surface area (Å²) >= 11 is 0. The van der Waals surface area contributed by atoms with Crippen LogP contribution >= 0.6 is 0 Å². The number of hydrogen-bond acceptors (Lipinski definition) is 6. The van der Waals surface area contributed by atoms with Gasteiger partial charge < -0.3 is 10.6 Å². The number of nitrogens with zero attached hydrogens (tertiary/aromatic N) is 3. The first-order valence-electron chi connectivity index (χ1n) is 10.4. The summed E-state index contributed by atoms with van der Waals surface area (Å²) in [7, 11) is -3.67. The highest BCUT2D eigenvalue weighted by molar-refractivity contribution is 7.89. The lowest BCUT2D eigenvalue weighted by Gasteiger charge is -2.40. The van der Waals surface area contributed by atoms with Crippen LogP contribution in [-0.4, -0.2) is 55.4 Å². The molecule has 0 amide bonds. The molecule has 3 fully saturated rings. The highest BCUT2D eigenvalue weighted by Crippen LogP contribution is 2.64. The van der Waals surface area contributed by atoms with Gasteiger partial charge in [-0.15, -0.1) is 0 Å². The van der Waals surface area contributed by atoms with Crippen LogP contribution < -0.4 is 10.6 Å². The van der Waals surface area contributed by atoms with Crippen molar-refractivity contribution in [2.45, 2.75) is 39.3 Å². The molecule has 1 aliphatic heterocycles. The van der Waals surface area contributed by atoms with Gasteiger partial charge in [-0.05, 0) is 30.2 Å². The van der Waals surface area contributed by atoms with Crippen LogP contribution in [0.3, 0.4) is 0 Å². The van der Waals surface area contributed by atoms with Gasteiger partial charge >= 0.3 is 6.18 Å². The maximum absolute atomic E-state index is 13.2. The van der Waals surface area contributed by atoms with Crippen molar-refractivity contribution in [1.29, 1.82) is 0 Å². The molecule has 2 atom stereocenters. The fourth-order valence-corrected chi connectivity index (χ4v) is 7.79. The van der Waals surface area contributed by atoms with Crippen molar-refractivity contribution in [3.8, 4) is 0 Å². The number of anilines is 2. The Hall–Kier alpha value is -1.88. The minimum Gasteiger partial charge on any atom is -0.396 e. The normalized spacial score (nSPS) is 29.0. The molecule has 0 unspecified atom stereocenters. The average molecular weight is 461 g/mol. The van der Waals surface area contributed by atoms with Crippen LogP contribution in [0.4, 0.5) is 24.7 Å². The second-order valence-corrected chi connectivity index (χ2v) is 11.4. The van der Waals surface area contributed by atoms with E-state index in [9.17, 15) is 26.4 Å². The molecule has 1 aromatic rings. The molecule has 2 aliphatic carbocycles. The van der Waals surface area contributed by atoms with E-state index in [-0.39, 0.29) is 60.6 Å². The molecule has 11 heteroatoms. The van der Waals surface area contributed by atoms with Crippen molar-refractivity contribution in [3.05, 3.63) is 17.8 Å². The molecular formula is C20H27F3N4O3S. The number of fused-ring (bicyclic) bond motifs is 2. The summed E-state index contributed by atoms with van der Waals surface area (Å²) < 4.78 is 66.3. The van der Waals surface area contributed by atoms with Crippen molar-refractivity contribution < 1.29 is 26.4 Å². The van der Waals surface area contributed by atoms with Gasteiger partial charge in [0.05, 0.1) is 17.0 Å². The SMILES string of the molecule is CC1(C)[C@@H]2CC[C@]1(CS(=O)(=O)N1CCN(c3ncc(C(F)(F)F)cc3N)CC1)C(=O)C2. The number of nitrogen functional groups attached to an aromatic ring is 1. The average Bonchev–Trinajstić information content (AvgIpc) is 3.01. The highest BCUT2D eigenvalue weighted by atomic mass is 32.2. The van der Waals surface area contributed by atoms with Gasteiger partial charge in [0.1, 0.15) is 5.78 Å². The monoisotopic (exact) mass is 460 g/mol. The topological polar surface area (TPSA) is 96.6 Å². The summed E-state index contributed by atoms with van der Waals surface area (Å²) in [4.78, 5) is 18.3. The fourth-order valence-electron chi connectivity index (χ4n) is 5.58. The fraction of sp³-hybridized carbons (Fsp3) is 0.700. The van der Waals surface area contributed by atoms with Crippen molar-refractivity contribution in [1.82, 2.24) is 9.29 Å². The van der Waals surface area contributed by atoms with Crippen LogP contribution in [0.5, 0.6) is 0 Å². The van der Waals surface area contributed by atoms with Crippen molar-refractivity contribution in [2.24, 2.45) is 16.7 Å². The molecule has 2 heterocycles. The van der Waals surface area contributed by atoms with Crippen LogP contribution in [0.25, 0.3) is 0 Å². The third kappa shape index (κ3) is 3.49.